The van der Waals surface area contributed by atoms with E-state index in [0.717, 1.165) is 17.0 Å². The normalized spacial score (nSPS) is 10.5. The predicted octanol–water partition coefficient (Wildman–Crippen LogP) is 4.43. The van der Waals surface area contributed by atoms with Crippen molar-refractivity contribution in [1.82, 2.24) is 9.97 Å². The second-order valence-electron chi connectivity index (χ2n) is 4.97. The molecule has 0 atom stereocenters. The molecular weight excluding hydrogens is 244 g/mol. The highest BCUT2D eigenvalue weighted by molar-refractivity contribution is 5.69. The number of hydrogen-bond acceptors (Lipinski definition) is 2. The van der Waals surface area contributed by atoms with Gasteiger partial charge in [-0.3, -0.25) is 0 Å². The number of aryl methyl sites for hydroxylation is 2. The van der Waals surface area contributed by atoms with E-state index < -0.39 is 0 Å². The monoisotopic (exact) mass is 260 g/mol. The summed E-state index contributed by atoms with van der Waals surface area (Å²) in [4.78, 5) is 8.80. The van der Waals surface area contributed by atoms with Gasteiger partial charge >= 0.3 is 0 Å². The van der Waals surface area contributed by atoms with Crippen molar-refractivity contribution in [2.45, 2.75) is 13.8 Å². The molecule has 2 heteroatoms. The third kappa shape index (κ3) is 2.45. The lowest BCUT2D eigenvalue weighted by Gasteiger charge is -2.08. The first-order chi connectivity index (χ1) is 9.74. The molecule has 2 aromatic carbocycles. The van der Waals surface area contributed by atoms with Crippen LogP contribution in [-0.4, -0.2) is 9.97 Å². The van der Waals surface area contributed by atoms with Gasteiger partial charge in [0.1, 0.15) is 6.33 Å². The maximum atomic E-state index is 4.43. The summed E-state index contributed by atoms with van der Waals surface area (Å²) >= 11 is 0. The zero-order valence-electron chi connectivity index (χ0n) is 11.7. The molecule has 0 aliphatic rings. The number of benzene rings is 2. The maximum Gasteiger partial charge on any atom is 0.116 e. The number of nitrogens with zero attached hydrogens (tertiary/aromatic N) is 2. The van der Waals surface area contributed by atoms with E-state index in [2.05, 4.69) is 60.2 Å². The van der Waals surface area contributed by atoms with E-state index in [1.807, 2.05) is 18.2 Å². The van der Waals surface area contributed by atoms with Gasteiger partial charge in [-0.2, -0.15) is 0 Å². The van der Waals surface area contributed by atoms with Crippen molar-refractivity contribution < 1.29 is 0 Å². The molecule has 0 amide bonds. The van der Waals surface area contributed by atoms with Crippen LogP contribution in [-0.2, 0) is 0 Å². The minimum atomic E-state index is 0.955. The lowest BCUT2D eigenvalue weighted by Crippen LogP contribution is -1.91. The minimum Gasteiger partial charge on any atom is -0.236 e. The quantitative estimate of drug-likeness (QED) is 0.681. The van der Waals surface area contributed by atoms with Crippen LogP contribution in [0.5, 0.6) is 0 Å². The van der Waals surface area contributed by atoms with Crippen LogP contribution in [0.4, 0.5) is 0 Å². The molecule has 2 nitrogen and oxygen atoms in total. The first kappa shape index (κ1) is 12.5. The van der Waals surface area contributed by atoms with Gasteiger partial charge in [0.2, 0.25) is 0 Å². The zero-order chi connectivity index (χ0) is 13.9. The lowest BCUT2D eigenvalue weighted by molar-refractivity contribution is 1.17. The van der Waals surface area contributed by atoms with Gasteiger partial charge in [-0.1, -0.05) is 48.0 Å². The highest BCUT2D eigenvalue weighted by atomic mass is 14.8. The van der Waals surface area contributed by atoms with Gasteiger partial charge in [-0.05, 0) is 31.5 Å². The van der Waals surface area contributed by atoms with E-state index in [1.54, 1.807) is 6.33 Å². The van der Waals surface area contributed by atoms with Gasteiger partial charge < -0.3 is 0 Å². The molecule has 0 radical (unpaired) electrons. The van der Waals surface area contributed by atoms with E-state index in [1.165, 1.54) is 16.7 Å². The molecule has 0 saturated heterocycles. The molecule has 1 aromatic heterocycles. The molecule has 0 spiro atoms. The summed E-state index contributed by atoms with van der Waals surface area (Å²) in [5, 5.41) is 0. The Hall–Kier alpha value is -2.48. The first-order valence-electron chi connectivity index (χ1n) is 6.69. The molecule has 0 N–H and O–H groups in total. The minimum absolute atomic E-state index is 0.955. The van der Waals surface area contributed by atoms with Crippen LogP contribution in [0.1, 0.15) is 11.1 Å². The summed E-state index contributed by atoms with van der Waals surface area (Å²) in [6, 6.07) is 18.7. The van der Waals surface area contributed by atoms with Crippen LogP contribution in [0.2, 0.25) is 0 Å². The van der Waals surface area contributed by atoms with Gasteiger partial charge in [0.25, 0.3) is 0 Å². The van der Waals surface area contributed by atoms with Crippen molar-refractivity contribution in [1.29, 1.82) is 0 Å². The third-order valence-corrected chi connectivity index (χ3v) is 3.41. The van der Waals surface area contributed by atoms with Crippen LogP contribution in [0, 0.1) is 13.8 Å². The van der Waals surface area contributed by atoms with Crippen LogP contribution in [0.15, 0.2) is 60.9 Å². The fourth-order valence-electron chi connectivity index (χ4n) is 2.28. The van der Waals surface area contributed by atoms with Crippen molar-refractivity contribution in [3.8, 4) is 22.5 Å². The van der Waals surface area contributed by atoms with Crippen molar-refractivity contribution in [2.24, 2.45) is 0 Å². The standard InChI is InChI=1S/C18H16N2/c1-13-8-9-14(2)16(10-13)18-11-17(19-12-20-18)15-6-4-3-5-7-15/h3-12H,1-2H3. The topological polar surface area (TPSA) is 25.8 Å². The largest absolute Gasteiger partial charge is 0.236 e. The molecule has 20 heavy (non-hydrogen) atoms. The number of hydrogen-bond donors (Lipinski definition) is 0. The molecule has 0 unspecified atom stereocenters. The number of aromatic nitrogens is 2. The van der Waals surface area contributed by atoms with E-state index in [0.29, 0.717) is 0 Å². The Kier molecular flexibility index (Phi) is 3.30. The Morgan fingerprint density at radius 3 is 2.30 bits per heavy atom. The van der Waals surface area contributed by atoms with E-state index in [4.69, 9.17) is 0 Å². The summed E-state index contributed by atoms with van der Waals surface area (Å²) in [6.45, 7) is 4.21. The SMILES string of the molecule is Cc1ccc(C)c(-c2cc(-c3ccccc3)ncn2)c1. The smallest absolute Gasteiger partial charge is 0.116 e. The highest BCUT2D eigenvalue weighted by Crippen LogP contribution is 2.25. The summed E-state index contributed by atoms with van der Waals surface area (Å²) in [6.07, 6.45) is 1.64. The zero-order valence-corrected chi connectivity index (χ0v) is 11.7. The van der Waals surface area contributed by atoms with Gasteiger partial charge in [0.05, 0.1) is 11.4 Å². The fourth-order valence-corrected chi connectivity index (χ4v) is 2.28. The van der Waals surface area contributed by atoms with Crippen molar-refractivity contribution in [2.75, 3.05) is 0 Å². The summed E-state index contributed by atoms with van der Waals surface area (Å²) in [7, 11) is 0. The highest BCUT2D eigenvalue weighted by Gasteiger charge is 2.06. The van der Waals surface area contributed by atoms with E-state index >= 15 is 0 Å². The maximum absolute atomic E-state index is 4.43. The molecule has 0 saturated carbocycles. The Morgan fingerprint density at radius 2 is 1.50 bits per heavy atom. The van der Waals surface area contributed by atoms with Crippen molar-refractivity contribution in [3.05, 3.63) is 72.1 Å². The van der Waals surface area contributed by atoms with E-state index in [-0.39, 0.29) is 0 Å². The first-order valence-corrected chi connectivity index (χ1v) is 6.69. The second-order valence-corrected chi connectivity index (χ2v) is 4.97. The molecule has 3 aromatic rings. The molecule has 3 rings (SSSR count). The van der Waals surface area contributed by atoms with Crippen LogP contribution >= 0.6 is 0 Å². The van der Waals surface area contributed by atoms with Crippen LogP contribution in [0.25, 0.3) is 22.5 Å². The van der Waals surface area contributed by atoms with Gasteiger partial charge in [-0.15, -0.1) is 0 Å². The average Bonchev–Trinajstić information content (AvgIpc) is 2.51. The molecule has 98 valence electrons. The average molecular weight is 260 g/mol. The molecular formula is C18H16N2. The summed E-state index contributed by atoms with van der Waals surface area (Å²) in [5.41, 5.74) is 6.68. The second kappa shape index (κ2) is 5.25. The Bertz CT molecular complexity index is 733. The summed E-state index contributed by atoms with van der Waals surface area (Å²) < 4.78 is 0. The van der Waals surface area contributed by atoms with Crippen molar-refractivity contribution >= 4 is 0 Å². The van der Waals surface area contributed by atoms with Crippen molar-refractivity contribution in [3.63, 3.8) is 0 Å². The predicted molar refractivity (Wildman–Crippen MR) is 82.4 cm³/mol. The van der Waals surface area contributed by atoms with Gasteiger partial charge in [0.15, 0.2) is 0 Å². The number of rotatable bonds is 2. The summed E-state index contributed by atoms with van der Waals surface area (Å²) in [5.74, 6) is 0. The van der Waals surface area contributed by atoms with Crippen LogP contribution in [0.3, 0.4) is 0 Å². The van der Waals surface area contributed by atoms with Gasteiger partial charge in [0, 0.05) is 11.1 Å². The molecule has 1 heterocycles. The lowest BCUT2D eigenvalue weighted by atomic mass is 10.0. The fraction of sp³-hybridized carbons (Fsp3) is 0.111. The molecule has 0 bridgehead atoms. The Labute approximate surface area is 119 Å². The van der Waals surface area contributed by atoms with E-state index in [9.17, 15) is 0 Å². The Balaban J connectivity index is 2.10. The molecule has 0 aliphatic heterocycles. The molecule has 0 fully saturated rings. The Morgan fingerprint density at radius 1 is 0.750 bits per heavy atom. The van der Waals surface area contributed by atoms with Crippen LogP contribution < -0.4 is 0 Å². The molecule has 0 aliphatic carbocycles. The van der Waals surface area contributed by atoms with Gasteiger partial charge in [-0.25, -0.2) is 9.97 Å². The third-order valence-electron chi connectivity index (χ3n) is 3.41.